The van der Waals surface area contributed by atoms with Gasteiger partial charge in [0.05, 0.1) is 17.7 Å². The number of amides is 1. The molecule has 152 valence electrons. The lowest BCUT2D eigenvalue weighted by Gasteiger charge is -2.27. The van der Waals surface area contributed by atoms with Crippen molar-refractivity contribution in [2.45, 2.75) is 50.5 Å². The highest BCUT2D eigenvalue weighted by atomic mass is 32.2. The summed E-state index contributed by atoms with van der Waals surface area (Å²) in [7, 11) is -1.94. The maximum Gasteiger partial charge on any atom is 0.253 e. The smallest absolute Gasteiger partial charge is 0.253 e. The molecule has 1 aliphatic carbocycles. The summed E-state index contributed by atoms with van der Waals surface area (Å²) in [6.07, 6.45) is 7.53. The van der Waals surface area contributed by atoms with Crippen LogP contribution >= 0.6 is 0 Å². The molecule has 1 saturated carbocycles. The summed E-state index contributed by atoms with van der Waals surface area (Å²) in [4.78, 5) is 14.8. The fourth-order valence-corrected chi connectivity index (χ4v) is 4.73. The molecule has 0 atom stereocenters. The van der Waals surface area contributed by atoms with Crippen molar-refractivity contribution in [2.24, 2.45) is 5.92 Å². The predicted octanol–water partition coefficient (Wildman–Crippen LogP) is 3.72. The van der Waals surface area contributed by atoms with Crippen molar-refractivity contribution >= 4 is 15.9 Å². The van der Waals surface area contributed by atoms with Crippen LogP contribution in [0.15, 0.2) is 45.9 Å². The zero-order valence-electron chi connectivity index (χ0n) is 16.5. The van der Waals surface area contributed by atoms with Crippen molar-refractivity contribution in [3.8, 4) is 0 Å². The van der Waals surface area contributed by atoms with Crippen LogP contribution in [0.5, 0.6) is 0 Å². The summed E-state index contributed by atoms with van der Waals surface area (Å²) < 4.78 is 32.9. The molecule has 0 saturated heterocycles. The third-order valence-electron chi connectivity index (χ3n) is 5.37. The van der Waals surface area contributed by atoms with Crippen molar-refractivity contribution in [1.82, 2.24) is 9.62 Å². The summed E-state index contributed by atoms with van der Waals surface area (Å²) in [6, 6.07) is 8.08. The molecule has 3 rings (SSSR count). The molecular formula is C21H28N2O4S. The van der Waals surface area contributed by atoms with Gasteiger partial charge in [-0.1, -0.05) is 25.3 Å². The lowest BCUT2D eigenvalue weighted by molar-refractivity contribution is 0.0759. The van der Waals surface area contributed by atoms with Crippen LogP contribution in [-0.2, 0) is 16.6 Å². The quantitative estimate of drug-likeness (QED) is 0.763. The standard InChI is InChI=1S/C21H28N2O4S/c1-16-10-11-19(28(25,26)22-14-18-9-6-12-27-18)13-20(16)21(24)23(2)15-17-7-4-3-5-8-17/h6,9-13,17,22H,3-5,7-8,14-15H2,1-2H3. The molecule has 7 heteroatoms. The van der Waals surface area contributed by atoms with E-state index in [9.17, 15) is 13.2 Å². The highest BCUT2D eigenvalue weighted by Gasteiger charge is 2.22. The molecule has 1 aromatic carbocycles. The fraction of sp³-hybridized carbons (Fsp3) is 0.476. The minimum atomic E-state index is -3.74. The van der Waals surface area contributed by atoms with Crippen molar-refractivity contribution in [2.75, 3.05) is 13.6 Å². The van der Waals surface area contributed by atoms with Gasteiger partial charge >= 0.3 is 0 Å². The third kappa shape index (κ3) is 5.02. The van der Waals surface area contributed by atoms with Gasteiger partial charge < -0.3 is 9.32 Å². The monoisotopic (exact) mass is 404 g/mol. The van der Waals surface area contributed by atoms with Crippen molar-refractivity contribution in [3.63, 3.8) is 0 Å². The Balaban J connectivity index is 1.73. The van der Waals surface area contributed by atoms with Crippen LogP contribution in [0.4, 0.5) is 0 Å². The van der Waals surface area contributed by atoms with Gasteiger partial charge in [0.1, 0.15) is 5.76 Å². The molecule has 1 fully saturated rings. The normalized spacial score (nSPS) is 15.5. The number of sulfonamides is 1. The Morgan fingerprint density at radius 3 is 2.64 bits per heavy atom. The van der Waals surface area contributed by atoms with Crippen molar-refractivity contribution in [3.05, 3.63) is 53.5 Å². The minimum absolute atomic E-state index is 0.0636. The molecule has 0 bridgehead atoms. The van der Waals surface area contributed by atoms with Crippen LogP contribution < -0.4 is 4.72 Å². The Morgan fingerprint density at radius 1 is 1.21 bits per heavy atom. The first-order valence-electron chi connectivity index (χ1n) is 9.75. The van der Waals surface area contributed by atoms with E-state index in [4.69, 9.17) is 4.42 Å². The second kappa shape index (κ2) is 8.92. The Hall–Kier alpha value is -2.12. The van der Waals surface area contributed by atoms with E-state index >= 15 is 0 Å². The van der Waals surface area contributed by atoms with E-state index in [1.807, 2.05) is 6.92 Å². The third-order valence-corrected chi connectivity index (χ3v) is 6.77. The van der Waals surface area contributed by atoms with Crippen LogP contribution in [0, 0.1) is 12.8 Å². The van der Waals surface area contributed by atoms with Gasteiger partial charge in [-0.2, -0.15) is 0 Å². The molecule has 0 radical (unpaired) electrons. The summed E-state index contributed by atoms with van der Waals surface area (Å²) >= 11 is 0. The predicted molar refractivity (Wildman–Crippen MR) is 107 cm³/mol. The van der Waals surface area contributed by atoms with E-state index in [1.54, 1.807) is 30.1 Å². The number of hydrogen-bond donors (Lipinski definition) is 1. The van der Waals surface area contributed by atoms with Gasteiger partial charge in [0.2, 0.25) is 10.0 Å². The van der Waals surface area contributed by atoms with Gasteiger partial charge in [-0.25, -0.2) is 13.1 Å². The number of carbonyl (C=O) groups is 1. The molecule has 28 heavy (non-hydrogen) atoms. The van der Waals surface area contributed by atoms with E-state index in [2.05, 4.69) is 4.72 Å². The topological polar surface area (TPSA) is 79.6 Å². The number of aryl methyl sites for hydroxylation is 1. The Kier molecular flexibility index (Phi) is 6.57. The number of hydrogen-bond acceptors (Lipinski definition) is 4. The summed E-state index contributed by atoms with van der Waals surface area (Å²) in [5.41, 5.74) is 1.20. The van der Waals surface area contributed by atoms with Crippen LogP contribution in [0.1, 0.15) is 53.8 Å². The average Bonchev–Trinajstić information content (AvgIpc) is 3.20. The number of carbonyl (C=O) groups excluding carboxylic acids is 1. The number of benzene rings is 1. The maximum atomic E-state index is 13.0. The molecule has 1 heterocycles. The number of nitrogens with zero attached hydrogens (tertiary/aromatic N) is 1. The highest BCUT2D eigenvalue weighted by Crippen LogP contribution is 2.25. The lowest BCUT2D eigenvalue weighted by atomic mass is 9.89. The van der Waals surface area contributed by atoms with Crippen LogP contribution in [0.2, 0.25) is 0 Å². The molecule has 0 aliphatic heterocycles. The zero-order valence-corrected chi connectivity index (χ0v) is 17.3. The summed E-state index contributed by atoms with van der Waals surface area (Å²) in [5, 5.41) is 0. The highest BCUT2D eigenvalue weighted by molar-refractivity contribution is 7.89. The molecule has 0 spiro atoms. The SMILES string of the molecule is Cc1ccc(S(=O)(=O)NCc2ccco2)cc1C(=O)N(C)CC1CCCCC1. The first-order chi connectivity index (χ1) is 13.4. The molecule has 1 aromatic heterocycles. The molecule has 1 aliphatic rings. The van der Waals surface area contributed by atoms with Gasteiger partial charge in [0.25, 0.3) is 5.91 Å². The van der Waals surface area contributed by atoms with Crippen molar-refractivity contribution in [1.29, 1.82) is 0 Å². The summed E-state index contributed by atoms with van der Waals surface area (Å²) in [6.45, 7) is 2.61. The largest absolute Gasteiger partial charge is 0.468 e. The van der Waals surface area contributed by atoms with Gasteiger partial charge in [-0.15, -0.1) is 0 Å². The van der Waals surface area contributed by atoms with Gasteiger partial charge in [-0.3, -0.25) is 4.79 Å². The molecule has 6 nitrogen and oxygen atoms in total. The zero-order chi connectivity index (χ0) is 20.1. The second-order valence-electron chi connectivity index (χ2n) is 7.57. The van der Waals surface area contributed by atoms with E-state index in [1.165, 1.54) is 37.7 Å². The van der Waals surface area contributed by atoms with Crippen LogP contribution in [-0.4, -0.2) is 32.8 Å². The fourth-order valence-electron chi connectivity index (χ4n) is 3.71. The Bertz CT molecular complexity index is 900. The molecule has 2 aromatic rings. The molecular weight excluding hydrogens is 376 g/mol. The first kappa shape index (κ1) is 20.6. The second-order valence-corrected chi connectivity index (χ2v) is 9.34. The van der Waals surface area contributed by atoms with E-state index < -0.39 is 10.0 Å². The van der Waals surface area contributed by atoms with E-state index in [0.29, 0.717) is 23.8 Å². The maximum absolute atomic E-state index is 13.0. The van der Waals surface area contributed by atoms with Gasteiger partial charge in [0.15, 0.2) is 0 Å². The van der Waals surface area contributed by atoms with E-state index in [0.717, 1.165) is 18.4 Å². The Labute approximate surface area is 167 Å². The molecule has 0 unspecified atom stereocenters. The van der Waals surface area contributed by atoms with Crippen LogP contribution in [0.3, 0.4) is 0 Å². The van der Waals surface area contributed by atoms with Crippen LogP contribution in [0.25, 0.3) is 0 Å². The number of rotatable bonds is 7. The Morgan fingerprint density at radius 2 is 1.96 bits per heavy atom. The van der Waals surface area contributed by atoms with Gasteiger partial charge in [0, 0.05) is 19.2 Å². The number of nitrogens with one attached hydrogen (secondary N) is 1. The number of furan rings is 1. The average molecular weight is 405 g/mol. The van der Waals surface area contributed by atoms with Crippen molar-refractivity contribution < 1.29 is 17.6 Å². The first-order valence-corrected chi connectivity index (χ1v) is 11.2. The molecule has 1 N–H and O–H groups in total. The van der Waals surface area contributed by atoms with E-state index in [-0.39, 0.29) is 17.3 Å². The minimum Gasteiger partial charge on any atom is -0.468 e. The summed E-state index contributed by atoms with van der Waals surface area (Å²) in [5.74, 6) is 0.926. The van der Waals surface area contributed by atoms with Gasteiger partial charge in [-0.05, 0) is 55.5 Å². The lowest BCUT2D eigenvalue weighted by Crippen LogP contribution is -2.33. The molecule has 1 amide bonds.